The Labute approximate surface area is 79.9 Å². The van der Waals surface area contributed by atoms with Crippen LogP contribution >= 0.6 is 11.6 Å². The molecule has 2 saturated heterocycles. The molecule has 2 atom stereocenters. The number of nitrogens with zero attached hydrogens (tertiary/aromatic N) is 1. The largest absolute Gasteiger partial charge is 0.327 e. The number of halogens is 1. The van der Waals surface area contributed by atoms with Gasteiger partial charge in [0.25, 0.3) is 5.91 Å². The first-order valence-electron chi connectivity index (χ1n) is 4.03. The lowest BCUT2D eigenvalue weighted by molar-refractivity contribution is -0.135. The normalized spacial score (nSPS) is 34.1. The van der Waals surface area contributed by atoms with Gasteiger partial charge in [0.1, 0.15) is 12.6 Å². The smallest absolute Gasteiger partial charge is 0.268 e. The Kier molecular flexibility index (Phi) is 2.13. The molecule has 2 rings (SSSR count). The lowest BCUT2D eigenvalue weighted by atomic mass is 10.3. The fourth-order valence-corrected chi connectivity index (χ4v) is 1.84. The fourth-order valence-electron chi connectivity index (χ4n) is 1.55. The predicted molar refractivity (Wildman–Crippen MR) is 43.9 cm³/mol. The Morgan fingerprint density at radius 2 is 2.31 bits per heavy atom. The minimum atomic E-state index is -0.490. The van der Waals surface area contributed by atoms with Gasteiger partial charge < -0.3 is 4.90 Å². The summed E-state index contributed by atoms with van der Waals surface area (Å²) in [7, 11) is 0. The maximum atomic E-state index is 11.3. The van der Waals surface area contributed by atoms with E-state index in [9.17, 15) is 9.59 Å². The van der Waals surface area contributed by atoms with Crippen molar-refractivity contribution < 1.29 is 14.4 Å². The SMILES string of the molecule is O=C1NOCC1N1CC(Cl)CC1=O. The molecular formula is C7H9ClN2O3. The minimum absolute atomic E-state index is 0.0781. The van der Waals surface area contributed by atoms with E-state index in [2.05, 4.69) is 5.48 Å². The molecule has 72 valence electrons. The number of nitrogens with one attached hydrogen (secondary N) is 1. The highest BCUT2D eigenvalue weighted by Crippen LogP contribution is 2.20. The van der Waals surface area contributed by atoms with Gasteiger partial charge in [0.2, 0.25) is 5.91 Å². The number of amides is 2. The molecule has 2 heterocycles. The topological polar surface area (TPSA) is 58.6 Å². The van der Waals surface area contributed by atoms with E-state index >= 15 is 0 Å². The van der Waals surface area contributed by atoms with Crippen LogP contribution in [0.4, 0.5) is 0 Å². The molecule has 0 saturated carbocycles. The summed E-state index contributed by atoms with van der Waals surface area (Å²) in [4.78, 5) is 28.7. The van der Waals surface area contributed by atoms with Crippen LogP contribution in [0.25, 0.3) is 0 Å². The van der Waals surface area contributed by atoms with E-state index in [-0.39, 0.29) is 23.8 Å². The average Bonchev–Trinajstić information content (AvgIpc) is 2.58. The molecular weight excluding hydrogens is 196 g/mol. The summed E-state index contributed by atoms with van der Waals surface area (Å²) in [6, 6.07) is -0.490. The van der Waals surface area contributed by atoms with E-state index in [0.29, 0.717) is 13.0 Å². The van der Waals surface area contributed by atoms with E-state index in [0.717, 1.165) is 0 Å². The Morgan fingerprint density at radius 3 is 2.77 bits per heavy atom. The summed E-state index contributed by atoms with van der Waals surface area (Å²) in [6.07, 6.45) is 0.311. The maximum Gasteiger partial charge on any atom is 0.268 e. The zero-order valence-corrected chi connectivity index (χ0v) is 7.58. The summed E-state index contributed by atoms with van der Waals surface area (Å²) in [5, 5.41) is -0.180. The molecule has 2 fully saturated rings. The van der Waals surface area contributed by atoms with Crippen LogP contribution in [-0.4, -0.2) is 41.3 Å². The van der Waals surface area contributed by atoms with E-state index in [1.165, 1.54) is 4.90 Å². The van der Waals surface area contributed by atoms with Gasteiger partial charge in [0.15, 0.2) is 0 Å². The van der Waals surface area contributed by atoms with Gasteiger partial charge >= 0.3 is 0 Å². The molecule has 1 N–H and O–H groups in total. The summed E-state index contributed by atoms with van der Waals surface area (Å²) in [5.74, 6) is -0.343. The Hall–Kier alpha value is -0.810. The van der Waals surface area contributed by atoms with Crippen LogP contribution in [0.2, 0.25) is 0 Å². The molecule has 0 aromatic carbocycles. The van der Waals surface area contributed by atoms with E-state index < -0.39 is 6.04 Å². The van der Waals surface area contributed by atoms with Gasteiger partial charge in [-0.2, -0.15) is 0 Å². The number of hydroxylamine groups is 1. The van der Waals surface area contributed by atoms with Gasteiger partial charge in [-0.1, -0.05) is 0 Å². The number of hydrogen-bond donors (Lipinski definition) is 1. The molecule has 0 bridgehead atoms. The first-order valence-corrected chi connectivity index (χ1v) is 4.47. The molecule has 2 aliphatic rings. The molecule has 13 heavy (non-hydrogen) atoms. The van der Waals surface area contributed by atoms with Crippen LogP contribution in [0.3, 0.4) is 0 Å². The van der Waals surface area contributed by atoms with Gasteiger partial charge in [0, 0.05) is 13.0 Å². The van der Waals surface area contributed by atoms with Crippen LogP contribution in [0.1, 0.15) is 6.42 Å². The number of alkyl halides is 1. The van der Waals surface area contributed by atoms with Gasteiger partial charge in [-0.05, 0) is 0 Å². The Morgan fingerprint density at radius 1 is 1.54 bits per heavy atom. The molecule has 0 aromatic rings. The highest BCUT2D eigenvalue weighted by molar-refractivity contribution is 6.22. The molecule has 0 radical (unpaired) electrons. The van der Waals surface area contributed by atoms with Crippen molar-refractivity contribution >= 4 is 23.4 Å². The van der Waals surface area contributed by atoms with Crippen molar-refractivity contribution in [1.82, 2.24) is 10.4 Å². The lowest BCUT2D eigenvalue weighted by Gasteiger charge is -2.19. The minimum Gasteiger partial charge on any atom is -0.327 e. The van der Waals surface area contributed by atoms with E-state index in [4.69, 9.17) is 16.4 Å². The highest BCUT2D eigenvalue weighted by atomic mass is 35.5. The summed E-state index contributed by atoms with van der Waals surface area (Å²) in [5.41, 5.74) is 2.21. The third-order valence-corrected chi connectivity index (χ3v) is 2.50. The third-order valence-electron chi connectivity index (χ3n) is 2.20. The second-order valence-electron chi connectivity index (χ2n) is 3.14. The van der Waals surface area contributed by atoms with Gasteiger partial charge in [-0.15, -0.1) is 11.6 Å². The van der Waals surface area contributed by atoms with Crippen molar-refractivity contribution in [2.45, 2.75) is 17.8 Å². The first-order chi connectivity index (χ1) is 6.18. The van der Waals surface area contributed by atoms with Gasteiger partial charge in [-0.25, -0.2) is 5.48 Å². The van der Waals surface area contributed by atoms with Crippen LogP contribution in [0, 0.1) is 0 Å². The van der Waals surface area contributed by atoms with Gasteiger partial charge in [0.05, 0.1) is 5.38 Å². The van der Waals surface area contributed by atoms with Crippen LogP contribution < -0.4 is 5.48 Å². The first kappa shape index (κ1) is 8.77. The fraction of sp³-hybridized carbons (Fsp3) is 0.714. The average molecular weight is 205 g/mol. The summed E-state index contributed by atoms with van der Waals surface area (Å²) < 4.78 is 0. The van der Waals surface area contributed by atoms with E-state index in [1.54, 1.807) is 0 Å². The zero-order valence-electron chi connectivity index (χ0n) is 6.83. The number of carbonyl (C=O) groups is 2. The summed E-state index contributed by atoms with van der Waals surface area (Å²) in [6.45, 7) is 0.649. The lowest BCUT2D eigenvalue weighted by Crippen LogP contribution is -2.43. The molecule has 2 unspecified atom stereocenters. The molecule has 2 amide bonds. The Balaban J connectivity index is 2.08. The maximum absolute atomic E-state index is 11.3. The number of likely N-dealkylation sites (tertiary alicyclic amines) is 1. The van der Waals surface area contributed by atoms with Gasteiger partial charge in [-0.3, -0.25) is 14.4 Å². The zero-order chi connectivity index (χ0) is 9.42. The van der Waals surface area contributed by atoms with Crippen LogP contribution in [0.5, 0.6) is 0 Å². The number of carbonyl (C=O) groups excluding carboxylic acids is 2. The quantitative estimate of drug-likeness (QED) is 0.573. The standard InChI is InChI=1S/C7H9ClN2O3/c8-4-1-6(11)10(2-4)5-3-13-9-7(5)12/h4-5H,1-3H2,(H,9,12). The monoisotopic (exact) mass is 204 g/mol. The van der Waals surface area contributed by atoms with Crippen molar-refractivity contribution in [3.8, 4) is 0 Å². The summed E-state index contributed by atoms with van der Waals surface area (Å²) >= 11 is 5.79. The molecule has 0 spiro atoms. The molecule has 0 aromatic heterocycles. The third kappa shape index (κ3) is 1.49. The highest BCUT2D eigenvalue weighted by Gasteiger charge is 2.39. The van der Waals surface area contributed by atoms with Crippen molar-refractivity contribution in [3.05, 3.63) is 0 Å². The Bertz CT molecular complexity index is 258. The van der Waals surface area contributed by atoms with Crippen molar-refractivity contribution in [1.29, 1.82) is 0 Å². The molecule has 0 aliphatic carbocycles. The number of hydrogen-bond acceptors (Lipinski definition) is 3. The molecule has 5 nitrogen and oxygen atoms in total. The predicted octanol–water partition coefficient (Wildman–Crippen LogP) is -0.744. The molecule has 2 aliphatic heterocycles. The van der Waals surface area contributed by atoms with Crippen LogP contribution in [-0.2, 0) is 14.4 Å². The van der Waals surface area contributed by atoms with Crippen LogP contribution in [0.15, 0.2) is 0 Å². The van der Waals surface area contributed by atoms with E-state index in [1.807, 2.05) is 0 Å². The van der Waals surface area contributed by atoms with Crippen molar-refractivity contribution in [3.63, 3.8) is 0 Å². The molecule has 6 heteroatoms. The second-order valence-corrected chi connectivity index (χ2v) is 3.76. The van der Waals surface area contributed by atoms with Crippen molar-refractivity contribution in [2.75, 3.05) is 13.2 Å². The van der Waals surface area contributed by atoms with Crippen molar-refractivity contribution in [2.24, 2.45) is 0 Å². The second kappa shape index (κ2) is 3.16. The number of rotatable bonds is 1.